The third kappa shape index (κ3) is 4.09. The van der Waals surface area contributed by atoms with Crippen LogP contribution in [-0.4, -0.2) is 31.1 Å². The molecule has 1 heterocycles. The molecule has 1 aliphatic rings. The van der Waals surface area contributed by atoms with Gasteiger partial charge in [0.05, 0.1) is 0 Å². The van der Waals surface area contributed by atoms with E-state index in [2.05, 4.69) is 10.2 Å². The number of hydrogen-bond donors (Lipinski definition) is 1. The Bertz CT molecular complexity index is 389. The summed E-state index contributed by atoms with van der Waals surface area (Å²) in [6, 6.07) is 6.40. The molecular formula is C15H22Cl2N2. The van der Waals surface area contributed by atoms with Crippen molar-refractivity contribution in [3.8, 4) is 0 Å². The van der Waals surface area contributed by atoms with E-state index in [1.165, 1.54) is 25.7 Å². The molecule has 19 heavy (non-hydrogen) atoms. The van der Waals surface area contributed by atoms with Crippen LogP contribution in [0.15, 0.2) is 18.2 Å². The number of nitrogens with zero attached hydrogens (tertiary/aromatic N) is 1. The zero-order valence-electron chi connectivity index (χ0n) is 11.5. The van der Waals surface area contributed by atoms with Crippen LogP contribution in [0.25, 0.3) is 0 Å². The Balaban J connectivity index is 2.06. The zero-order valence-corrected chi connectivity index (χ0v) is 13.0. The van der Waals surface area contributed by atoms with Crippen LogP contribution in [0.3, 0.4) is 0 Å². The van der Waals surface area contributed by atoms with E-state index >= 15 is 0 Å². The van der Waals surface area contributed by atoms with Gasteiger partial charge in [0, 0.05) is 28.2 Å². The Hall–Kier alpha value is -0.280. The maximum atomic E-state index is 6.28. The Morgan fingerprint density at radius 1 is 1.26 bits per heavy atom. The van der Waals surface area contributed by atoms with E-state index in [1.54, 1.807) is 0 Å². The van der Waals surface area contributed by atoms with E-state index in [0.717, 1.165) is 35.2 Å². The minimum absolute atomic E-state index is 0.647. The van der Waals surface area contributed by atoms with Gasteiger partial charge in [0.1, 0.15) is 0 Å². The van der Waals surface area contributed by atoms with Crippen LogP contribution >= 0.6 is 23.2 Å². The summed E-state index contributed by atoms with van der Waals surface area (Å²) in [6.45, 7) is 3.08. The maximum Gasteiger partial charge on any atom is 0.0465 e. The predicted octanol–water partition coefficient (Wildman–Crippen LogP) is 3.96. The summed E-state index contributed by atoms with van der Waals surface area (Å²) < 4.78 is 0. The summed E-state index contributed by atoms with van der Waals surface area (Å²) in [5, 5.41) is 4.81. The van der Waals surface area contributed by atoms with Gasteiger partial charge in [-0.05, 0) is 51.5 Å². The van der Waals surface area contributed by atoms with Crippen molar-refractivity contribution in [3.63, 3.8) is 0 Å². The number of benzene rings is 1. The van der Waals surface area contributed by atoms with Gasteiger partial charge >= 0.3 is 0 Å². The molecule has 106 valence electrons. The van der Waals surface area contributed by atoms with Crippen molar-refractivity contribution in [1.29, 1.82) is 0 Å². The van der Waals surface area contributed by atoms with Gasteiger partial charge in [-0.3, -0.25) is 4.90 Å². The minimum Gasteiger partial charge on any atom is -0.320 e. The Morgan fingerprint density at radius 3 is 2.68 bits per heavy atom. The van der Waals surface area contributed by atoms with Crippen LogP contribution in [0.4, 0.5) is 0 Å². The second-order valence-electron chi connectivity index (χ2n) is 5.21. The predicted molar refractivity (Wildman–Crippen MR) is 83.1 cm³/mol. The molecule has 2 rings (SSSR count). The first-order valence-corrected chi connectivity index (χ1v) is 7.79. The Morgan fingerprint density at radius 2 is 2.00 bits per heavy atom. The monoisotopic (exact) mass is 300 g/mol. The van der Waals surface area contributed by atoms with Crippen LogP contribution in [0.2, 0.25) is 10.0 Å². The molecule has 1 N–H and O–H groups in total. The van der Waals surface area contributed by atoms with Crippen molar-refractivity contribution in [2.75, 3.05) is 20.1 Å². The first-order valence-electron chi connectivity index (χ1n) is 7.04. The van der Waals surface area contributed by atoms with Gasteiger partial charge in [-0.1, -0.05) is 35.7 Å². The lowest BCUT2D eigenvalue weighted by atomic mass is 9.98. The molecule has 1 unspecified atom stereocenters. The number of rotatable bonds is 5. The zero-order chi connectivity index (χ0) is 13.7. The summed E-state index contributed by atoms with van der Waals surface area (Å²) in [5.74, 6) is 0. The SMILES string of the molecule is CNCCC1CCCCN1Cc1c(Cl)cccc1Cl. The third-order valence-corrected chi connectivity index (χ3v) is 4.61. The molecule has 0 saturated carbocycles. The molecule has 1 aliphatic heterocycles. The molecule has 0 aromatic heterocycles. The van der Waals surface area contributed by atoms with Crippen LogP contribution < -0.4 is 5.32 Å². The lowest BCUT2D eigenvalue weighted by molar-refractivity contribution is 0.132. The standard InChI is InChI=1S/C15H22Cl2N2/c1-18-9-8-12-5-2-3-10-19(12)11-13-14(16)6-4-7-15(13)17/h4,6-7,12,18H,2-3,5,8-11H2,1H3. The summed E-state index contributed by atoms with van der Waals surface area (Å²) >= 11 is 12.6. The minimum atomic E-state index is 0.647. The summed E-state index contributed by atoms with van der Waals surface area (Å²) in [6.07, 6.45) is 5.08. The molecule has 1 aromatic carbocycles. The van der Waals surface area contributed by atoms with Crippen LogP contribution in [0, 0.1) is 0 Å². The summed E-state index contributed by atoms with van der Waals surface area (Å²) in [4.78, 5) is 2.54. The van der Waals surface area contributed by atoms with E-state index in [1.807, 2.05) is 25.2 Å². The molecule has 0 amide bonds. The second kappa shape index (κ2) is 7.49. The number of nitrogens with one attached hydrogen (secondary N) is 1. The average molecular weight is 301 g/mol. The molecule has 1 saturated heterocycles. The average Bonchev–Trinajstić information content (AvgIpc) is 2.42. The van der Waals surface area contributed by atoms with Crippen molar-refractivity contribution < 1.29 is 0 Å². The molecule has 4 heteroatoms. The number of likely N-dealkylation sites (tertiary alicyclic amines) is 1. The molecule has 0 spiro atoms. The highest BCUT2D eigenvalue weighted by molar-refractivity contribution is 6.35. The van der Waals surface area contributed by atoms with Crippen LogP contribution in [0.1, 0.15) is 31.2 Å². The van der Waals surface area contributed by atoms with E-state index in [9.17, 15) is 0 Å². The molecule has 0 aliphatic carbocycles. The van der Waals surface area contributed by atoms with Gasteiger partial charge in [0.15, 0.2) is 0 Å². The molecule has 1 fully saturated rings. The normalized spacial score (nSPS) is 20.7. The van der Waals surface area contributed by atoms with Crippen molar-refractivity contribution in [3.05, 3.63) is 33.8 Å². The molecule has 2 nitrogen and oxygen atoms in total. The second-order valence-corrected chi connectivity index (χ2v) is 6.03. The van der Waals surface area contributed by atoms with Crippen molar-refractivity contribution >= 4 is 23.2 Å². The number of piperidine rings is 1. The van der Waals surface area contributed by atoms with Gasteiger partial charge in [-0.15, -0.1) is 0 Å². The highest BCUT2D eigenvalue weighted by Gasteiger charge is 2.23. The summed E-state index contributed by atoms with van der Waals surface area (Å²) in [5.41, 5.74) is 1.07. The fraction of sp³-hybridized carbons (Fsp3) is 0.600. The first kappa shape index (κ1) is 15.1. The smallest absolute Gasteiger partial charge is 0.0465 e. The van der Waals surface area contributed by atoms with Gasteiger partial charge in [-0.2, -0.15) is 0 Å². The van der Waals surface area contributed by atoms with Crippen molar-refractivity contribution in [2.24, 2.45) is 0 Å². The van der Waals surface area contributed by atoms with Gasteiger partial charge < -0.3 is 5.32 Å². The van der Waals surface area contributed by atoms with E-state index in [4.69, 9.17) is 23.2 Å². The number of halogens is 2. The fourth-order valence-corrected chi connectivity index (χ4v) is 3.31. The van der Waals surface area contributed by atoms with Crippen LogP contribution in [0.5, 0.6) is 0 Å². The lowest BCUT2D eigenvalue weighted by Gasteiger charge is -2.36. The Labute approximate surface area is 126 Å². The lowest BCUT2D eigenvalue weighted by Crippen LogP contribution is -2.40. The molecule has 1 atom stereocenters. The molecule has 1 aromatic rings. The first-order chi connectivity index (χ1) is 9.22. The highest BCUT2D eigenvalue weighted by atomic mass is 35.5. The maximum absolute atomic E-state index is 6.28. The van der Waals surface area contributed by atoms with Gasteiger partial charge in [-0.25, -0.2) is 0 Å². The Kier molecular flexibility index (Phi) is 5.96. The van der Waals surface area contributed by atoms with Gasteiger partial charge in [0.2, 0.25) is 0 Å². The van der Waals surface area contributed by atoms with Crippen molar-refractivity contribution in [2.45, 2.75) is 38.3 Å². The van der Waals surface area contributed by atoms with Crippen molar-refractivity contribution in [1.82, 2.24) is 10.2 Å². The highest BCUT2D eigenvalue weighted by Crippen LogP contribution is 2.29. The van der Waals surface area contributed by atoms with Gasteiger partial charge in [0.25, 0.3) is 0 Å². The largest absolute Gasteiger partial charge is 0.320 e. The van der Waals surface area contributed by atoms with E-state index in [-0.39, 0.29) is 0 Å². The molecule has 0 radical (unpaired) electrons. The molecular weight excluding hydrogens is 279 g/mol. The summed E-state index contributed by atoms with van der Waals surface area (Å²) in [7, 11) is 2.01. The van der Waals surface area contributed by atoms with E-state index < -0.39 is 0 Å². The molecule has 0 bridgehead atoms. The fourth-order valence-electron chi connectivity index (χ4n) is 2.79. The third-order valence-electron chi connectivity index (χ3n) is 3.90. The van der Waals surface area contributed by atoms with Crippen LogP contribution in [-0.2, 0) is 6.54 Å². The topological polar surface area (TPSA) is 15.3 Å². The number of hydrogen-bond acceptors (Lipinski definition) is 2. The van der Waals surface area contributed by atoms with E-state index in [0.29, 0.717) is 6.04 Å². The quantitative estimate of drug-likeness (QED) is 0.885.